The fraction of sp³-hybridized carbons (Fsp3) is 0.923. The summed E-state index contributed by atoms with van der Waals surface area (Å²) in [4.78, 5) is 12.1. The zero-order valence-electron chi connectivity index (χ0n) is 10.7. The van der Waals surface area contributed by atoms with Gasteiger partial charge in [0.15, 0.2) is 0 Å². The molecule has 3 nitrogen and oxygen atoms in total. The van der Waals surface area contributed by atoms with E-state index < -0.39 is 0 Å². The Morgan fingerprint density at radius 1 is 1.25 bits per heavy atom. The molecular formula is C13H26N2O. The predicted octanol–water partition coefficient (Wildman–Crippen LogP) is 2.07. The van der Waals surface area contributed by atoms with E-state index in [0.29, 0.717) is 6.04 Å². The monoisotopic (exact) mass is 226 g/mol. The third kappa shape index (κ3) is 4.52. The van der Waals surface area contributed by atoms with Crippen LogP contribution in [0.2, 0.25) is 0 Å². The molecule has 1 amide bonds. The van der Waals surface area contributed by atoms with Crippen LogP contribution in [0.4, 0.5) is 0 Å². The number of hydrogen-bond donors (Lipinski definition) is 2. The smallest absolute Gasteiger partial charge is 0.223 e. The van der Waals surface area contributed by atoms with Crippen LogP contribution in [-0.4, -0.2) is 25.0 Å². The third-order valence-corrected chi connectivity index (χ3v) is 3.33. The zero-order valence-corrected chi connectivity index (χ0v) is 10.7. The minimum absolute atomic E-state index is 0.241. The Labute approximate surface area is 99.4 Å². The lowest BCUT2D eigenvalue weighted by Gasteiger charge is -2.26. The van der Waals surface area contributed by atoms with Crippen molar-refractivity contribution in [2.45, 2.75) is 58.4 Å². The zero-order chi connectivity index (χ0) is 11.8. The predicted molar refractivity (Wildman–Crippen MR) is 67.3 cm³/mol. The Balaban J connectivity index is 2.34. The van der Waals surface area contributed by atoms with E-state index in [2.05, 4.69) is 24.5 Å². The van der Waals surface area contributed by atoms with E-state index in [1.807, 2.05) is 0 Å². The molecule has 1 heterocycles. The van der Waals surface area contributed by atoms with E-state index in [1.165, 1.54) is 0 Å². The van der Waals surface area contributed by atoms with Crippen LogP contribution in [0.3, 0.4) is 0 Å². The van der Waals surface area contributed by atoms with Crippen LogP contribution in [0, 0.1) is 5.92 Å². The lowest BCUT2D eigenvalue weighted by atomic mass is 9.96. The van der Waals surface area contributed by atoms with Gasteiger partial charge in [0.2, 0.25) is 5.91 Å². The highest BCUT2D eigenvalue weighted by Crippen LogP contribution is 2.14. The maximum Gasteiger partial charge on any atom is 0.223 e. The molecule has 0 unspecified atom stereocenters. The molecule has 0 aliphatic carbocycles. The van der Waals surface area contributed by atoms with Crippen LogP contribution < -0.4 is 10.6 Å². The summed E-state index contributed by atoms with van der Waals surface area (Å²) in [6.07, 6.45) is 6.43. The van der Waals surface area contributed by atoms with E-state index in [-0.39, 0.29) is 11.8 Å². The molecule has 0 saturated carbocycles. The van der Waals surface area contributed by atoms with Crippen LogP contribution in [-0.2, 0) is 4.79 Å². The second kappa shape index (κ2) is 7.66. The fourth-order valence-electron chi connectivity index (χ4n) is 2.39. The average molecular weight is 226 g/mol. The Morgan fingerprint density at radius 3 is 2.31 bits per heavy atom. The molecule has 0 radical (unpaired) electrons. The van der Waals surface area contributed by atoms with Crippen molar-refractivity contribution in [3.05, 3.63) is 0 Å². The van der Waals surface area contributed by atoms with Crippen molar-refractivity contribution in [1.29, 1.82) is 0 Å². The first-order valence-electron chi connectivity index (χ1n) is 6.79. The van der Waals surface area contributed by atoms with Gasteiger partial charge in [-0.1, -0.05) is 26.7 Å². The highest BCUT2D eigenvalue weighted by atomic mass is 16.1. The molecule has 0 bridgehead atoms. The standard InChI is InChI=1S/C13H26N2O/c1-3-5-11(6-4-2)13(16)15-12-7-9-14-10-8-12/h11-12,14H,3-10H2,1-2H3,(H,15,16). The van der Waals surface area contributed by atoms with E-state index in [4.69, 9.17) is 0 Å². The molecule has 16 heavy (non-hydrogen) atoms. The summed E-state index contributed by atoms with van der Waals surface area (Å²) in [5.41, 5.74) is 0. The van der Waals surface area contributed by atoms with Gasteiger partial charge in [-0.3, -0.25) is 4.79 Å². The second-order valence-corrected chi connectivity index (χ2v) is 4.81. The summed E-state index contributed by atoms with van der Waals surface area (Å²) in [7, 11) is 0. The number of hydrogen-bond acceptors (Lipinski definition) is 2. The molecule has 0 aromatic carbocycles. The maximum atomic E-state index is 12.1. The van der Waals surface area contributed by atoms with Gasteiger partial charge in [0, 0.05) is 12.0 Å². The molecule has 2 N–H and O–H groups in total. The average Bonchev–Trinajstić information content (AvgIpc) is 2.30. The summed E-state index contributed by atoms with van der Waals surface area (Å²) >= 11 is 0. The van der Waals surface area contributed by atoms with Crippen LogP contribution in [0.15, 0.2) is 0 Å². The van der Waals surface area contributed by atoms with Crippen LogP contribution in [0.1, 0.15) is 52.4 Å². The number of nitrogens with one attached hydrogen (secondary N) is 2. The summed E-state index contributed by atoms with van der Waals surface area (Å²) in [5.74, 6) is 0.528. The van der Waals surface area contributed by atoms with Crippen molar-refractivity contribution in [3.63, 3.8) is 0 Å². The van der Waals surface area contributed by atoms with Gasteiger partial charge < -0.3 is 10.6 Å². The van der Waals surface area contributed by atoms with Crippen molar-refractivity contribution in [1.82, 2.24) is 10.6 Å². The minimum Gasteiger partial charge on any atom is -0.353 e. The summed E-state index contributed by atoms with van der Waals surface area (Å²) in [6, 6.07) is 0.407. The van der Waals surface area contributed by atoms with Gasteiger partial charge in [0.1, 0.15) is 0 Å². The fourth-order valence-corrected chi connectivity index (χ4v) is 2.39. The molecule has 0 atom stereocenters. The molecule has 1 rings (SSSR count). The van der Waals surface area contributed by atoms with E-state index in [1.54, 1.807) is 0 Å². The maximum absolute atomic E-state index is 12.1. The Bertz CT molecular complexity index is 194. The summed E-state index contributed by atoms with van der Waals surface area (Å²) in [5, 5.41) is 6.53. The molecule has 94 valence electrons. The van der Waals surface area contributed by atoms with Crippen LogP contribution in [0.5, 0.6) is 0 Å². The first-order valence-corrected chi connectivity index (χ1v) is 6.79. The molecule has 1 fully saturated rings. The Kier molecular flexibility index (Phi) is 6.46. The Hall–Kier alpha value is -0.570. The third-order valence-electron chi connectivity index (χ3n) is 3.33. The van der Waals surface area contributed by atoms with Crippen LogP contribution in [0.25, 0.3) is 0 Å². The normalized spacial score (nSPS) is 17.7. The molecule has 0 spiro atoms. The highest BCUT2D eigenvalue weighted by Gasteiger charge is 2.21. The molecule has 1 aliphatic rings. The molecule has 1 saturated heterocycles. The lowest BCUT2D eigenvalue weighted by molar-refractivity contribution is -0.126. The lowest BCUT2D eigenvalue weighted by Crippen LogP contribution is -2.44. The summed E-state index contributed by atoms with van der Waals surface area (Å²) < 4.78 is 0. The summed E-state index contributed by atoms with van der Waals surface area (Å²) in [6.45, 7) is 6.38. The van der Waals surface area contributed by atoms with Crippen molar-refractivity contribution in [2.24, 2.45) is 5.92 Å². The minimum atomic E-state index is 0.241. The van der Waals surface area contributed by atoms with Gasteiger partial charge >= 0.3 is 0 Å². The first-order chi connectivity index (χ1) is 7.77. The number of piperidine rings is 1. The van der Waals surface area contributed by atoms with E-state index in [9.17, 15) is 4.79 Å². The van der Waals surface area contributed by atoms with Gasteiger partial charge in [-0.05, 0) is 38.8 Å². The number of carbonyl (C=O) groups is 1. The van der Waals surface area contributed by atoms with Crippen molar-refractivity contribution < 1.29 is 4.79 Å². The second-order valence-electron chi connectivity index (χ2n) is 4.81. The molecular weight excluding hydrogens is 200 g/mol. The first kappa shape index (κ1) is 13.5. The molecule has 3 heteroatoms. The largest absolute Gasteiger partial charge is 0.353 e. The van der Waals surface area contributed by atoms with Gasteiger partial charge in [0.05, 0.1) is 0 Å². The SMILES string of the molecule is CCCC(CCC)C(=O)NC1CCNCC1. The quantitative estimate of drug-likeness (QED) is 0.728. The number of rotatable bonds is 6. The topological polar surface area (TPSA) is 41.1 Å². The molecule has 1 aliphatic heterocycles. The molecule has 0 aromatic rings. The van der Waals surface area contributed by atoms with Crippen molar-refractivity contribution in [2.75, 3.05) is 13.1 Å². The number of amides is 1. The molecule has 0 aromatic heterocycles. The number of carbonyl (C=O) groups excluding carboxylic acids is 1. The van der Waals surface area contributed by atoms with E-state index >= 15 is 0 Å². The Morgan fingerprint density at radius 2 is 1.81 bits per heavy atom. The van der Waals surface area contributed by atoms with Gasteiger partial charge in [0.25, 0.3) is 0 Å². The van der Waals surface area contributed by atoms with Gasteiger partial charge in [-0.2, -0.15) is 0 Å². The van der Waals surface area contributed by atoms with Crippen molar-refractivity contribution >= 4 is 5.91 Å². The van der Waals surface area contributed by atoms with Gasteiger partial charge in [-0.15, -0.1) is 0 Å². The van der Waals surface area contributed by atoms with Gasteiger partial charge in [-0.25, -0.2) is 0 Å². The highest BCUT2D eigenvalue weighted by molar-refractivity contribution is 5.78. The van der Waals surface area contributed by atoms with Crippen LogP contribution >= 0.6 is 0 Å². The van der Waals surface area contributed by atoms with E-state index in [0.717, 1.165) is 51.6 Å². The van der Waals surface area contributed by atoms with Crippen molar-refractivity contribution in [3.8, 4) is 0 Å².